The normalized spacial score (nSPS) is 14.9. The largest absolute Gasteiger partial charge is 0.423 e. The molecule has 0 aliphatic carbocycles. The van der Waals surface area contributed by atoms with Gasteiger partial charge in [0.15, 0.2) is 0 Å². The molecule has 5 nitrogen and oxygen atoms in total. The third-order valence-corrected chi connectivity index (χ3v) is 5.68. The fraction of sp³-hybridized carbons (Fsp3) is 0.0417. The highest BCUT2D eigenvalue weighted by atomic mass is 35.5. The van der Waals surface area contributed by atoms with Gasteiger partial charge in [0.25, 0.3) is 11.1 Å². The number of esters is 1. The van der Waals surface area contributed by atoms with Gasteiger partial charge in [-0.3, -0.25) is 14.5 Å². The number of thioether (sulfide) groups is 1. The number of benzene rings is 3. The molecule has 3 aromatic carbocycles. The highest BCUT2D eigenvalue weighted by Gasteiger charge is 2.34. The minimum absolute atomic E-state index is 0.188. The summed E-state index contributed by atoms with van der Waals surface area (Å²) in [6, 6.07) is 22.4. The molecule has 0 spiro atoms. The molecular weight excluding hydrogens is 434 g/mol. The minimum atomic E-state index is -0.448. The Bertz CT molecular complexity index is 1160. The van der Waals surface area contributed by atoms with Crippen LogP contribution in [0.3, 0.4) is 0 Å². The first-order valence-corrected chi connectivity index (χ1v) is 10.6. The van der Waals surface area contributed by atoms with Crippen LogP contribution in [0.5, 0.6) is 5.75 Å². The van der Waals surface area contributed by atoms with E-state index < -0.39 is 5.97 Å². The van der Waals surface area contributed by atoms with Crippen LogP contribution in [0, 0.1) is 0 Å². The molecule has 1 aliphatic rings. The van der Waals surface area contributed by atoms with Gasteiger partial charge < -0.3 is 4.74 Å². The summed E-state index contributed by atoms with van der Waals surface area (Å²) < 4.78 is 5.35. The van der Waals surface area contributed by atoms with Crippen molar-refractivity contribution in [2.75, 3.05) is 0 Å². The van der Waals surface area contributed by atoms with Crippen molar-refractivity contribution in [2.45, 2.75) is 6.54 Å². The molecule has 154 valence electrons. The molecule has 3 aromatic rings. The van der Waals surface area contributed by atoms with Crippen LogP contribution in [0.1, 0.15) is 21.5 Å². The first-order chi connectivity index (χ1) is 15.0. The second kappa shape index (κ2) is 9.20. The van der Waals surface area contributed by atoms with Crippen molar-refractivity contribution < 1.29 is 19.1 Å². The maximum atomic E-state index is 12.7. The summed E-state index contributed by atoms with van der Waals surface area (Å²) in [6.07, 6.45) is 1.65. The van der Waals surface area contributed by atoms with Crippen LogP contribution in [0.2, 0.25) is 5.02 Å². The van der Waals surface area contributed by atoms with Gasteiger partial charge in [0.1, 0.15) is 5.75 Å². The predicted molar refractivity (Wildman–Crippen MR) is 121 cm³/mol. The Morgan fingerprint density at radius 3 is 2.29 bits per heavy atom. The zero-order valence-electron chi connectivity index (χ0n) is 16.2. The fourth-order valence-corrected chi connectivity index (χ4v) is 3.90. The molecule has 0 unspecified atom stereocenters. The van der Waals surface area contributed by atoms with Crippen molar-refractivity contribution in [3.05, 3.63) is 105 Å². The molecule has 0 saturated carbocycles. The topological polar surface area (TPSA) is 63.7 Å². The van der Waals surface area contributed by atoms with Crippen molar-refractivity contribution in [1.29, 1.82) is 0 Å². The summed E-state index contributed by atoms with van der Waals surface area (Å²) in [6.45, 7) is 0.188. The SMILES string of the molecule is O=C(Oc1ccc(/C=C2\SC(=O)N(Cc3ccc(Cl)cc3)C2=O)cc1)c1ccccc1. The maximum Gasteiger partial charge on any atom is 0.343 e. The zero-order valence-corrected chi connectivity index (χ0v) is 17.7. The number of nitrogens with zero attached hydrogens (tertiary/aromatic N) is 1. The standard InChI is InChI=1S/C24H16ClNO4S/c25-19-10-6-17(7-11-19)15-26-22(27)21(31-24(26)29)14-16-8-12-20(13-9-16)30-23(28)18-4-2-1-3-5-18/h1-14H,15H2/b21-14-. The van der Waals surface area contributed by atoms with E-state index >= 15 is 0 Å². The lowest BCUT2D eigenvalue weighted by atomic mass is 10.2. The fourth-order valence-electron chi connectivity index (χ4n) is 2.93. The molecule has 0 atom stereocenters. The van der Waals surface area contributed by atoms with E-state index in [0.717, 1.165) is 22.9 Å². The number of imide groups is 1. The smallest absolute Gasteiger partial charge is 0.343 e. The van der Waals surface area contributed by atoms with Gasteiger partial charge in [-0.15, -0.1) is 0 Å². The number of amides is 2. The van der Waals surface area contributed by atoms with Gasteiger partial charge in [-0.1, -0.05) is 54.1 Å². The van der Waals surface area contributed by atoms with E-state index in [-0.39, 0.29) is 17.7 Å². The molecule has 1 heterocycles. The van der Waals surface area contributed by atoms with Crippen LogP contribution in [-0.4, -0.2) is 22.0 Å². The Hall–Kier alpha value is -3.35. The number of ether oxygens (including phenoxy) is 1. The molecule has 1 fully saturated rings. The number of hydrogen-bond acceptors (Lipinski definition) is 5. The van der Waals surface area contributed by atoms with Crippen LogP contribution in [0.4, 0.5) is 4.79 Å². The van der Waals surface area contributed by atoms with Crippen molar-refractivity contribution in [3.63, 3.8) is 0 Å². The molecular formula is C24H16ClNO4S. The zero-order chi connectivity index (χ0) is 21.8. The first kappa shape index (κ1) is 20.9. The molecule has 0 N–H and O–H groups in total. The van der Waals surface area contributed by atoms with E-state index in [1.54, 1.807) is 78.9 Å². The van der Waals surface area contributed by atoms with Crippen molar-refractivity contribution in [2.24, 2.45) is 0 Å². The molecule has 1 saturated heterocycles. The quantitative estimate of drug-likeness (QED) is 0.280. The lowest BCUT2D eigenvalue weighted by molar-refractivity contribution is -0.123. The molecule has 31 heavy (non-hydrogen) atoms. The minimum Gasteiger partial charge on any atom is -0.423 e. The van der Waals surface area contributed by atoms with E-state index in [9.17, 15) is 14.4 Å². The molecule has 1 aliphatic heterocycles. The Labute approximate surface area is 188 Å². The highest BCUT2D eigenvalue weighted by molar-refractivity contribution is 8.18. The van der Waals surface area contributed by atoms with Crippen molar-refractivity contribution in [1.82, 2.24) is 4.90 Å². The number of rotatable bonds is 5. The Morgan fingerprint density at radius 1 is 0.935 bits per heavy atom. The van der Waals surface area contributed by atoms with Gasteiger partial charge in [0.05, 0.1) is 17.0 Å². The van der Waals surface area contributed by atoms with Crippen molar-refractivity contribution >= 4 is 46.6 Å². The number of carbonyl (C=O) groups excluding carboxylic acids is 3. The van der Waals surface area contributed by atoms with Crippen LogP contribution in [0.15, 0.2) is 83.8 Å². The van der Waals surface area contributed by atoms with E-state index in [1.807, 2.05) is 6.07 Å². The summed E-state index contributed by atoms with van der Waals surface area (Å²) in [4.78, 5) is 38.7. The molecule has 0 bridgehead atoms. The van der Waals surface area contributed by atoms with Gasteiger partial charge in [-0.25, -0.2) is 4.79 Å². The summed E-state index contributed by atoms with van der Waals surface area (Å²) in [5, 5.41) is 0.273. The third-order valence-electron chi connectivity index (χ3n) is 4.53. The van der Waals surface area contributed by atoms with Gasteiger partial charge >= 0.3 is 5.97 Å². The second-order valence-corrected chi connectivity index (χ2v) is 8.15. The van der Waals surface area contributed by atoms with E-state index in [4.69, 9.17) is 16.3 Å². The average Bonchev–Trinajstić information content (AvgIpc) is 3.04. The molecule has 4 rings (SSSR count). The lowest BCUT2D eigenvalue weighted by Crippen LogP contribution is -2.27. The maximum absolute atomic E-state index is 12.7. The van der Waals surface area contributed by atoms with Gasteiger partial charge in [-0.05, 0) is 65.4 Å². The number of halogens is 1. The lowest BCUT2D eigenvalue weighted by Gasteiger charge is -2.12. The monoisotopic (exact) mass is 449 g/mol. The van der Waals surface area contributed by atoms with Crippen LogP contribution >= 0.6 is 23.4 Å². The average molecular weight is 450 g/mol. The second-order valence-electron chi connectivity index (χ2n) is 6.72. The van der Waals surface area contributed by atoms with E-state index in [1.165, 1.54) is 4.90 Å². The molecule has 0 radical (unpaired) electrons. The summed E-state index contributed by atoms with van der Waals surface area (Å²) in [5.74, 6) is -0.400. The predicted octanol–water partition coefficient (Wildman–Crippen LogP) is 5.80. The summed E-state index contributed by atoms with van der Waals surface area (Å²) in [5.41, 5.74) is 2.00. The summed E-state index contributed by atoms with van der Waals surface area (Å²) >= 11 is 6.78. The van der Waals surface area contributed by atoms with Gasteiger partial charge in [-0.2, -0.15) is 0 Å². The van der Waals surface area contributed by atoms with Crippen LogP contribution in [0.25, 0.3) is 6.08 Å². The van der Waals surface area contributed by atoms with Crippen molar-refractivity contribution in [3.8, 4) is 5.75 Å². The number of hydrogen-bond donors (Lipinski definition) is 0. The van der Waals surface area contributed by atoms with Gasteiger partial charge in [0, 0.05) is 5.02 Å². The van der Waals surface area contributed by atoms with E-state index in [2.05, 4.69) is 0 Å². The number of carbonyl (C=O) groups is 3. The molecule has 2 amide bonds. The van der Waals surface area contributed by atoms with Crippen LogP contribution < -0.4 is 4.74 Å². The Balaban J connectivity index is 1.43. The Morgan fingerprint density at radius 2 is 1.61 bits per heavy atom. The third kappa shape index (κ3) is 5.05. The highest BCUT2D eigenvalue weighted by Crippen LogP contribution is 2.33. The first-order valence-electron chi connectivity index (χ1n) is 9.37. The van der Waals surface area contributed by atoms with Gasteiger partial charge in [0.2, 0.25) is 0 Å². The Kier molecular flexibility index (Phi) is 6.21. The van der Waals surface area contributed by atoms with Crippen LogP contribution in [-0.2, 0) is 11.3 Å². The summed E-state index contributed by atoms with van der Waals surface area (Å²) in [7, 11) is 0. The molecule has 7 heteroatoms. The molecule has 0 aromatic heterocycles. The van der Waals surface area contributed by atoms with E-state index in [0.29, 0.717) is 21.2 Å².